The number of hydrogen-bond donors (Lipinski definition) is 2. The number of aromatic nitrogens is 2. The first-order chi connectivity index (χ1) is 9.08. The predicted octanol–water partition coefficient (Wildman–Crippen LogP) is 1.50. The molecule has 0 radical (unpaired) electrons. The van der Waals surface area contributed by atoms with Gasteiger partial charge < -0.3 is 14.8 Å². The monoisotopic (exact) mass is 264 g/mol. The maximum absolute atomic E-state index is 11.3. The van der Waals surface area contributed by atoms with E-state index in [0.29, 0.717) is 24.6 Å². The maximum Gasteiger partial charge on any atom is 0.356 e. The van der Waals surface area contributed by atoms with Gasteiger partial charge in [-0.25, -0.2) is 9.78 Å². The van der Waals surface area contributed by atoms with Gasteiger partial charge in [-0.05, 0) is 19.3 Å². The average molecular weight is 264 g/mol. The molecule has 1 atom stereocenters. The fourth-order valence-electron chi connectivity index (χ4n) is 2.94. The van der Waals surface area contributed by atoms with Gasteiger partial charge in [-0.3, -0.25) is 4.79 Å². The van der Waals surface area contributed by atoms with Crippen LogP contribution in [0.4, 0.5) is 0 Å². The van der Waals surface area contributed by atoms with Gasteiger partial charge in [0.05, 0.1) is 11.6 Å². The molecule has 1 aromatic heterocycles. The first-order valence-corrected chi connectivity index (χ1v) is 6.63. The Kier molecular flexibility index (Phi) is 2.80. The van der Waals surface area contributed by atoms with Crippen LogP contribution in [0.25, 0.3) is 0 Å². The molecule has 1 unspecified atom stereocenters. The molecular formula is C13H16N2O4. The Balaban J connectivity index is 2.01. The van der Waals surface area contributed by atoms with Crippen molar-refractivity contribution >= 4 is 11.9 Å². The Labute approximate surface area is 110 Å². The van der Waals surface area contributed by atoms with Crippen LogP contribution in [0.2, 0.25) is 0 Å². The molecule has 1 aliphatic carbocycles. The van der Waals surface area contributed by atoms with E-state index >= 15 is 0 Å². The molecule has 3 rings (SSSR count). The van der Waals surface area contributed by atoms with Gasteiger partial charge in [0, 0.05) is 18.9 Å². The minimum absolute atomic E-state index is 0.0489. The van der Waals surface area contributed by atoms with Gasteiger partial charge in [-0.1, -0.05) is 6.42 Å². The lowest BCUT2D eigenvalue weighted by Crippen LogP contribution is -2.28. The van der Waals surface area contributed by atoms with Gasteiger partial charge in [0.25, 0.3) is 0 Å². The lowest BCUT2D eigenvalue weighted by Gasteiger charge is -2.28. The Hall–Kier alpha value is -1.85. The van der Waals surface area contributed by atoms with Crippen molar-refractivity contribution in [1.29, 1.82) is 0 Å². The maximum atomic E-state index is 11.3. The van der Waals surface area contributed by atoms with Crippen LogP contribution in [0.15, 0.2) is 0 Å². The number of hydrogen-bond acceptors (Lipinski definition) is 3. The van der Waals surface area contributed by atoms with E-state index in [9.17, 15) is 14.7 Å². The number of imidazole rings is 1. The minimum atomic E-state index is -1.06. The summed E-state index contributed by atoms with van der Waals surface area (Å²) < 4.78 is 1.95. The van der Waals surface area contributed by atoms with Gasteiger partial charge in [0.1, 0.15) is 5.82 Å². The van der Waals surface area contributed by atoms with Crippen LogP contribution in [0.3, 0.4) is 0 Å². The van der Waals surface area contributed by atoms with Gasteiger partial charge in [0.15, 0.2) is 5.69 Å². The molecule has 0 bridgehead atoms. The first-order valence-electron chi connectivity index (χ1n) is 6.63. The lowest BCUT2D eigenvalue weighted by atomic mass is 9.84. The molecule has 6 nitrogen and oxygen atoms in total. The second-order valence-electron chi connectivity index (χ2n) is 5.38. The molecule has 1 aromatic rings. The Morgan fingerprint density at radius 3 is 2.47 bits per heavy atom. The number of carbonyl (C=O) groups is 2. The highest BCUT2D eigenvalue weighted by Crippen LogP contribution is 2.38. The lowest BCUT2D eigenvalue weighted by molar-refractivity contribution is -0.142. The third kappa shape index (κ3) is 1.91. The van der Waals surface area contributed by atoms with Crippen molar-refractivity contribution in [3.05, 3.63) is 17.2 Å². The van der Waals surface area contributed by atoms with E-state index < -0.39 is 17.9 Å². The summed E-state index contributed by atoms with van der Waals surface area (Å²) in [5.41, 5.74) is 0.640. The number of aromatic carboxylic acids is 1. The number of rotatable bonds is 3. The van der Waals surface area contributed by atoms with E-state index in [2.05, 4.69) is 4.98 Å². The molecule has 0 aromatic carbocycles. The van der Waals surface area contributed by atoms with Crippen LogP contribution < -0.4 is 0 Å². The highest BCUT2D eigenvalue weighted by molar-refractivity contribution is 5.87. The van der Waals surface area contributed by atoms with Crippen molar-refractivity contribution in [1.82, 2.24) is 9.55 Å². The van der Waals surface area contributed by atoms with Gasteiger partial charge in [-0.2, -0.15) is 0 Å². The molecule has 2 aliphatic rings. The molecule has 2 heterocycles. The number of nitrogens with zero attached hydrogens (tertiary/aromatic N) is 2. The van der Waals surface area contributed by atoms with E-state index in [0.717, 1.165) is 25.1 Å². The molecule has 0 amide bonds. The second kappa shape index (κ2) is 4.36. The summed E-state index contributed by atoms with van der Waals surface area (Å²) in [7, 11) is 0. The van der Waals surface area contributed by atoms with Crippen LogP contribution in [-0.4, -0.2) is 31.7 Å². The molecule has 1 aliphatic heterocycles. The molecule has 1 saturated carbocycles. The largest absolute Gasteiger partial charge is 0.481 e. The van der Waals surface area contributed by atoms with Crippen LogP contribution >= 0.6 is 0 Å². The van der Waals surface area contributed by atoms with Crippen molar-refractivity contribution in [3.8, 4) is 0 Å². The zero-order valence-electron chi connectivity index (χ0n) is 10.5. The van der Waals surface area contributed by atoms with Crippen molar-refractivity contribution in [2.45, 2.75) is 44.6 Å². The third-order valence-corrected chi connectivity index (χ3v) is 4.27. The standard InChI is InChI=1S/C13H16N2O4/c16-12(17)8-4-5-15-9(6-8)10(13(18)19)14-11(15)7-2-1-3-7/h7-8H,1-6H2,(H,16,17)(H,18,19). The summed E-state index contributed by atoms with van der Waals surface area (Å²) in [4.78, 5) is 26.6. The Morgan fingerprint density at radius 2 is 1.95 bits per heavy atom. The van der Waals surface area contributed by atoms with Crippen molar-refractivity contribution < 1.29 is 19.8 Å². The smallest absolute Gasteiger partial charge is 0.356 e. The van der Waals surface area contributed by atoms with Crippen LogP contribution in [0, 0.1) is 5.92 Å². The fourth-order valence-corrected chi connectivity index (χ4v) is 2.94. The summed E-state index contributed by atoms with van der Waals surface area (Å²) in [6, 6.07) is 0. The summed E-state index contributed by atoms with van der Waals surface area (Å²) >= 11 is 0. The number of carboxylic acid groups (broad SMARTS) is 2. The fraction of sp³-hybridized carbons (Fsp3) is 0.615. The van der Waals surface area contributed by atoms with Crippen molar-refractivity contribution in [2.24, 2.45) is 5.92 Å². The normalized spacial score (nSPS) is 22.6. The van der Waals surface area contributed by atoms with E-state index in [-0.39, 0.29) is 12.1 Å². The zero-order chi connectivity index (χ0) is 13.6. The van der Waals surface area contributed by atoms with Crippen LogP contribution in [0.5, 0.6) is 0 Å². The topological polar surface area (TPSA) is 92.4 Å². The molecule has 1 fully saturated rings. The average Bonchev–Trinajstić information content (AvgIpc) is 2.66. The summed E-state index contributed by atoms with van der Waals surface area (Å²) in [6.45, 7) is 0.568. The molecule has 2 N–H and O–H groups in total. The van der Waals surface area contributed by atoms with Crippen molar-refractivity contribution in [2.75, 3.05) is 0 Å². The molecule has 6 heteroatoms. The molecule has 0 spiro atoms. The quantitative estimate of drug-likeness (QED) is 0.863. The molecule has 102 valence electrons. The Bertz CT molecular complexity index is 545. The molecule has 0 saturated heterocycles. The SMILES string of the molecule is O=C(O)c1nc(C2CCC2)n2c1CC(C(=O)O)CC2. The summed E-state index contributed by atoms with van der Waals surface area (Å²) in [5.74, 6) is -1.19. The van der Waals surface area contributed by atoms with Gasteiger partial charge >= 0.3 is 11.9 Å². The van der Waals surface area contributed by atoms with E-state index in [1.165, 1.54) is 0 Å². The molecule has 19 heavy (non-hydrogen) atoms. The van der Waals surface area contributed by atoms with Crippen molar-refractivity contribution in [3.63, 3.8) is 0 Å². The summed E-state index contributed by atoms with van der Waals surface area (Å²) in [6.07, 6.45) is 4.09. The van der Waals surface area contributed by atoms with E-state index in [1.807, 2.05) is 4.57 Å². The number of fused-ring (bicyclic) bond motifs is 1. The predicted molar refractivity (Wildman–Crippen MR) is 65.2 cm³/mol. The highest BCUT2D eigenvalue weighted by atomic mass is 16.4. The minimum Gasteiger partial charge on any atom is -0.481 e. The van der Waals surface area contributed by atoms with Gasteiger partial charge in [0.2, 0.25) is 0 Å². The van der Waals surface area contributed by atoms with E-state index in [1.54, 1.807) is 0 Å². The Morgan fingerprint density at radius 1 is 1.21 bits per heavy atom. The second-order valence-corrected chi connectivity index (χ2v) is 5.38. The zero-order valence-corrected chi connectivity index (χ0v) is 10.5. The number of aliphatic carboxylic acids is 1. The van der Waals surface area contributed by atoms with Gasteiger partial charge in [-0.15, -0.1) is 0 Å². The first kappa shape index (κ1) is 12.2. The summed E-state index contributed by atoms with van der Waals surface area (Å²) in [5, 5.41) is 18.3. The third-order valence-electron chi connectivity index (χ3n) is 4.27. The number of carboxylic acids is 2. The van der Waals surface area contributed by atoms with E-state index in [4.69, 9.17) is 5.11 Å². The highest BCUT2D eigenvalue weighted by Gasteiger charge is 2.34. The van der Waals surface area contributed by atoms with Crippen LogP contribution in [0.1, 0.15) is 53.6 Å². The molecular weight excluding hydrogens is 248 g/mol. The van der Waals surface area contributed by atoms with Crippen LogP contribution in [-0.2, 0) is 17.8 Å².